The van der Waals surface area contributed by atoms with Gasteiger partial charge in [0, 0.05) is 51.8 Å². The lowest BCUT2D eigenvalue weighted by Crippen LogP contribution is -2.41. The molecule has 10 nitrogen and oxygen atoms in total. The number of esters is 1. The summed E-state index contributed by atoms with van der Waals surface area (Å²) in [5.41, 5.74) is 2.79. The van der Waals surface area contributed by atoms with E-state index < -0.39 is 5.91 Å². The number of likely N-dealkylation sites (tertiary alicyclic amines) is 1. The first-order valence-corrected chi connectivity index (χ1v) is 13.0. The number of hydrogen-bond acceptors (Lipinski definition) is 6. The van der Waals surface area contributed by atoms with Crippen molar-refractivity contribution in [2.24, 2.45) is 5.92 Å². The Morgan fingerprint density at radius 1 is 1.11 bits per heavy atom. The van der Waals surface area contributed by atoms with Gasteiger partial charge in [-0.2, -0.15) is 5.10 Å². The van der Waals surface area contributed by atoms with E-state index in [4.69, 9.17) is 4.74 Å². The second-order valence-electron chi connectivity index (χ2n) is 9.56. The molecule has 37 heavy (non-hydrogen) atoms. The molecule has 1 saturated heterocycles. The maximum Gasteiger partial charge on any atom is 0.309 e. The van der Waals surface area contributed by atoms with E-state index in [0.717, 1.165) is 17.5 Å². The van der Waals surface area contributed by atoms with E-state index in [1.165, 1.54) is 6.07 Å². The Kier molecular flexibility index (Phi) is 8.58. The summed E-state index contributed by atoms with van der Waals surface area (Å²) in [6, 6.07) is 9.53. The molecule has 2 aliphatic rings. The fourth-order valence-electron chi connectivity index (χ4n) is 4.85. The van der Waals surface area contributed by atoms with Gasteiger partial charge in [-0.05, 0) is 44.2 Å². The molecule has 2 aliphatic heterocycles. The molecule has 0 radical (unpaired) electrons. The molecule has 3 amide bonds. The van der Waals surface area contributed by atoms with Crippen LogP contribution in [-0.4, -0.2) is 76.1 Å². The predicted molar refractivity (Wildman–Crippen MR) is 136 cm³/mol. The summed E-state index contributed by atoms with van der Waals surface area (Å²) in [5, 5.41) is 7.12. The second-order valence-corrected chi connectivity index (χ2v) is 9.56. The van der Waals surface area contributed by atoms with E-state index in [0.29, 0.717) is 57.9 Å². The average Bonchev–Trinajstić information content (AvgIpc) is 3.27. The molecule has 1 aromatic carbocycles. The van der Waals surface area contributed by atoms with Gasteiger partial charge >= 0.3 is 5.97 Å². The first-order chi connectivity index (χ1) is 17.9. The smallest absolute Gasteiger partial charge is 0.309 e. The highest BCUT2D eigenvalue weighted by molar-refractivity contribution is 5.98. The quantitative estimate of drug-likeness (QED) is 0.546. The van der Waals surface area contributed by atoms with Crippen LogP contribution in [-0.2, 0) is 27.4 Å². The number of hydrogen-bond donors (Lipinski definition) is 1. The molecule has 1 fully saturated rings. The Morgan fingerprint density at radius 3 is 2.59 bits per heavy atom. The maximum atomic E-state index is 13.2. The number of carbonyl (C=O) groups excluding carboxylic acids is 4. The third kappa shape index (κ3) is 6.36. The molecular weight excluding hydrogens is 474 g/mol. The zero-order chi connectivity index (χ0) is 26.4. The SMILES string of the molecule is CCOC(=O)C1CCN(C(=O)CCNC(=O)c2cc3n(n2)CCCN(Cc2ccccc2C)C3=O)CC1. The lowest BCUT2D eigenvalue weighted by Gasteiger charge is -2.31. The molecular formula is C27H35N5O5. The number of carbonyl (C=O) groups is 4. The van der Waals surface area contributed by atoms with Crippen molar-refractivity contribution in [1.29, 1.82) is 0 Å². The third-order valence-corrected chi connectivity index (χ3v) is 7.03. The Bertz CT molecular complexity index is 1150. The first kappa shape index (κ1) is 26.4. The molecule has 3 heterocycles. The number of nitrogens with zero attached hydrogens (tertiary/aromatic N) is 4. The van der Waals surface area contributed by atoms with E-state index in [1.54, 1.807) is 21.4 Å². The van der Waals surface area contributed by atoms with Crippen LogP contribution in [0, 0.1) is 12.8 Å². The molecule has 2 aromatic rings. The number of benzene rings is 1. The van der Waals surface area contributed by atoms with Gasteiger partial charge < -0.3 is 19.9 Å². The lowest BCUT2D eigenvalue weighted by molar-refractivity contribution is -0.151. The van der Waals surface area contributed by atoms with Crippen LogP contribution in [0.3, 0.4) is 0 Å². The van der Waals surface area contributed by atoms with Gasteiger partial charge in [0.15, 0.2) is 5.69 Å². The highest BCUT2D eigenvalue weighted by Crippen LogP contribution is 2.20. The molecule has 0 bridgehead atoms. The van der Waals surface area contributed by atoms with Crippen LogP contribution >= 0.6 is 0 Å². The number of nitrogens with one attached hydrogen (secondary N) is 1. The molecule has 0 saturated carbocycles. The number of amides is 3. The summed E-state index contributed by atoms with van der Waals surface area (Å²) in [6.07, 6.45) is 2.08. The predicted octanol–water partition coefficient (Wildman–Crippen LogP) is 2.16. The van der Waals surface area contributed by atoms with Gasteiger partial charge in [0.2, 0.25) is 5.91 Å². The van der Waals surface area contributed by atoms with Crippen molar-refractivity contribution < 1.29 is 23.9 Å². The highest BCUT2D eigenvalue weighted by Gasteiger charge is 2.29. The van der Waals surface area contributed by atoms with Gasteiger partial charge in [-0.15, -0.1) is 0 Å². The number of fused-ring (bicyclic) bond motifs is 1. The van der Waals surface area contributed by atoms with Gasteiger partial charge in [-0.3, -0.25) is 23.9 Å². The van der Waals surface area contributed by atoms with E-state index in [9.17, 15) is 19.2 Å². The normalized spacial score (nSPS) is 16.2. The van der Waals surface area contributed by atoms with Crippen molar-refractivity contribution in [3.8, 4) is 0 Å². The van der Waals surface area contributed by atoms with Gasteiger partial charge in [0.05, 0.1) is 12.5 Å². The zero-order valence-electron chi connectivity index (χ0n) is 21.6. The molecule has 1 aromatic heterocycles. The summed E-state index contributed by atoms with van der Waals surface area (Å²) in [4.78, 5) is 53.9. The van der Waals surface area contributed by atoms with Gasteiger partial charge in [0.1, 0.15) is 5.69 Å². The van der Waals surface area contributed by atoms with E-state index in [2.05, 4.69) is 10.4 Å². The van der Waals surface area contributed by atoms with Crippen molar-refractivity contribution >= 4 is 23.7 Å². The first-order valence-electron chi connectivity index (χ1n) is 13.0. The van der Waals surface area contributed by atoms with Crippen LogP contribution < -0.4 is 5.32 Å². The Morgan fingerprint density at radius 2 is 1.86 bits per heavy atom. The largest absolute Gasteiger partial charge is 0.466 e. The van der Waals surface area contributed by atoms with Gasteiger partial charge in [-0.25, -0.2) is 0 Å². The van der Waals surface area contributed by atoms with Gasteiger partial charge in [-0.1, -0.05) is 24.3 Å². The lowest BCUT2D eigenvalue weighted by atomic mass is 9.97. The standard InChI is InChI=1S/C27H35N5O5/c1-3-37-27(36)20-10-15-30(16-11-20)24(33)9-12-28-25(34)22-17-23-26(35)31(13-6-14-32(23)29-22)18-21-8-5-4-7-19(21)2/h4-5,7-8,17,20H,3,6,9-16,18H2,1-2H3,(H,28,34). The van der Waals surface area contributed by atoms with Crippen molar-refractivity contribution in [2.75, 3.05) is 32.8 Å². The summed E-state index contributed by atoms with van der Waals surface area (Å²) < 4.78 is 6.68. The number of rotatable bonds is 8. The van der Waals surface area contributed by atoms with Crippen molar-refractivity contribution in [2.45, 2.75) is 52.6 Å². The van der Waals surface area contributed by atoms with E-state index in [1.807, 2.05) is 31.2 Å². The van der Waals surface area contributed by atoms with E-state index >= 15 is 0 Å². The van der Waals surface area contributed by atoms with Crippen LogP contribution in [0.4, 0.5) is 0 Å². The van der Waals surface area contributed by atoms with E-state index in [-0.39, 0.29) is 42.4 Å². The van der Waals surface area contributed by atoms with Crippen LogP contribution in [0.25, 0.3) is 0 Å². The molecule has 1 N–H and O–H groups in total. The number of aromatic nitrogens is 2. The van der Waals surface area contributed by atoms with Crippen LogP contribution in [0.15, 0.2) is 30.3 Å². The minimum atomic E-state index is -0.410. The van der Waals surface area contributed by atoms with Crippen molar-refractivity contribution in [3.05, 3.63) is 52.8 Å². The molecule has 4 rings (SSSR count). The molecule has 0 atom stereocenters. The number of ether oxygens (including phenoxy) is 1. The molecule has 0 unspecified atom stereocenters. The maximum absolute atomic E-state index is 13.2. The van der Waals surface area contributed by atoms with Crippen LogP contribution in [0.2, 0.25) is 0 Å². The minimum absolute atomic E-state index is 0.0646. The monoisotopic (exact) mass is 509 g/mol. The number of aryl methyl sites for hydroxylation is 2. The minimum Gasteiger partial charge on any atom is -0.466 e. The van der Waals surface area contributed by atoms with Gasteiger partial charge in [0.25, 0.3) is 11.8 Å². The summed E-state index contributed by atoms with van der Waals surface area (Å²) in [6.45, 7) is 7.04. The van der Waals surface area contributed by atoms with Crippen molar-refractivity contribution in [1.82, 2.24) is 24.9 Å². The molecule has 0 aliphatic carbocycles. The fraction of sp³-hybridized carbons (Fsp3) is 0.519. The summed E-state index contributed by atoms with van der Waals surface area (Å²) in [7, 11) is 0. The highest BCUT2D eigenvalue weighted by atomic mass is 16.5. The average molecular weight is 510 g/mol. The van der Waals surface area contributed by atoms with Crippen LogP contribution in [0.5, 0.6) is 0 Å². The molecule has 198 valence electrons. The summed E-state index contributed by atoms with van der Waals surface area (Å²) in [5.74, 6) is -0.973. The third-order valence-electron chi connectivity index (χ3n) is 7.03. The Balaban J connectivity index is 1.28. The molecule has 10 heteroatoms. The van der Waals surface area contributed by atoms with Crippen molar-refractivity contribution in [3.63, 3.8) is 0 Å². The second kappa shape index (κ2) is 12.0. The Hall–Kier alpha value is -3.69. The summed E-state index contributed by atoms with van der Waals surface area (Å²) >= 11 is 0. The fourth-order valence-corrected chi connectivity index (χ4v) is 4.85. The number of piperidine rings is 1. The zero-order valence-corrected chi connectivity index (χ0v) is 21.6. The Labute approximate surface area is 216 Å². The topological polar surface area (TPSA) is 114 Å². The molecule has 0 spiro atoms. The van der Waals surface area contributed by atoms with Crippen LogP contribution in [0.1, 0.15) is 64.7 Å².